The van der Waals surface area contributed by atoms with E-state index in [0.29, 0.717) is 16.5 Å². The van der Waals surface area contributed by atoms with E-state index in [1.54, 1.807) is 30.3 Å². The van der Waals surface area contributed by atoms with Crippen LogP contribution < -0.4 is 15.0 Å². The van der Waals surface area contributed by atoms with E-state index in [1.807, 2.05) is 11.9 Å². The molecule has 0 fully saturated rings. The lowest BCUT2D eigenvalue weighted by atomic mass is 10.2. The number of hydrogen-bond donors (Lipinski definition) is 1. The maximum atomic E-state index is 12.2. The van der Waals surface area contributed by atoms with Gasteiger partial charge in [-0.1, -0.05) is 24.9 Å². The number of carbonyl (C=O) groups excluding carboxylic acids is 1. The van der Waals surface area contributed by atoms with Crippen LogP contribution in [0.2, 0.25) is 5.02 Å². The molecule has 1 N–H and O–H groups in total. The average Bonchev–Trinajstić information content (AvgIpc) is 2.60. The number of methoxy groups -OCH3 is 1. The monoisotopic (exact) mass is 348 g/mol. The van der Waals surface area contributed by atoms with Crippen molar-refractivity contribution in [2.75, 3.05) is 30.9 Å². The lowest BCUT2D eigenvalue weighted by Crippen LogP contribution is -2.21. The maximum absolute atomic E-state index is 12.2. The first-order chi connectivity index (χ1) is 11.5. The number of nitrogens with zero attached hydrogens (tertiary/aromatic N) is 3. The van der Waals surface area contributed by atoms with Crippen molar-refractivity contribution in [3.8, 4) is 5.75 Å². The lowest BCUT2D eigenvalue weighted by Gasteiger charge is -2.16. The molecule has 0 bridgehead atoms. The Morgan fingerprint density at radius 1 is 1.29 bits per heavy atom. The van der Waals surface area contributed by atoms with Crippen molar-refractivity contribution in [2.45, 2.75) is 19.8 Å². The van der Waals surface area contributed by atoms with E-state index in [9.17, 15) is 4.79 Å². The SMILES string of the molecule is CCCCN(C)c1ccc(C(=O)Nc2ccc(OC)c(Cl)c2)nn1. The van der Waals surface area contributed by atoms with Gasteiger partial charge in [-0.25, -0.2) is 0 Å². The summed E-state index contributed by atoms with van der Waals surface area (Å²) < 4.78 is 5.08. The highest BCUT2D eigenvalue weighted by Crippen LogP contribution is 2.27. The van der Waals surface area contributed by atoms with Gasteiger partial charge in [-0.05, 0) is 36.8 Å². The van der Waals surface area contributed by atoms with E-state index in [0.717, 1.165) is 25.2 Å². The van der Waals surface area contributed by atoms with Crippen molar-refractivity contribution in [3.05, 3.63) is 41.0 Å². The maximum Gasteiger partial charge on any atom is 0.276 e. The highest BCUT2D eigenvalue weighted by atomic mass is 35.5. The first-order valence-corrected chi connectivity index (χ1v) is 8.12. The van der Waals surface area contributed by atoms with Gasteiger partial charge < -0.3 is 15.0 Å². The number of anilines is 2. The molecule has 0 unspecified atom stereocenters. The van der Waals surface area contributed by atoms with E-state index >= 15 is 0 Å². The fraction of sp³-hybridized carbons (Fsp3) is 0.353. The molecule has 128 valence electrons. The number of amides is 1. The standard InChI is InChI=1S/C17H21ClN4O2/c1-4-5-10-22(2)16-9-7-14(20-21-16)17(23)19-12-6-8-15(24-3)13(18)11-12/h6-9,11H,4-5,10H2,1-3H3,(H,19,23). The predicted octanol–water partition coefficient (Wildman–Crippen LogP) is 3.63. The second kappa shape index (κ2) is 8.49. The fourth-order valence-corrected chi connectivity index (χ4v) is 2.36. The molecule has 0 aliphatic rings. The summed E-state index contributed by atoms with van der Waals surface area (Å²) in [6.07, 6.45) is 2.20. The number of carbonyl (C=O) groups is 1. The Kier molecular flexibility index (Phi) is 6.37. The lowest BCUT2D eigenvalue weighted by molar-refractivity contribution is 0.102. The minimum Gasteiger partial charge on any atom is -0.495 e. The Morgan fingerprint density at radius 2 is 2.08 bits per heavy atom. The van der Waals surface area contributed by atoms with Crippen molar-refractivity contribution >= 4 is 29.0 Å². The molecule has 1 aromatic carbocycles. The van der Waals surface area contributed by atoms with Gasteiger partial charge in [0.15, 0.2) is 11.5 Å². The van der Waals surface area contributed by atoms with Crippen molar-refractivity contribution in [3.63, 3.8) is 0 Å². The number of nitrogens with one attached hydrogen (secondary N) is 1. The molecule has 0 saturated carbocycles. The molecule has 2 rings (SSSR count). The van der Waals surface area contributed by atoms with Crippen molar-refractivity contribution < 1.29 is 9.53 Å². The summed E-state index contributed by atoms with van der Waals surface area (Å²) in [6.45, 7) is 3.04. The Bertz CT molecular complexity index is 691. The van der Waals surface area contributed by atoms with Crippen LogP contribution >= 0.6 is 11.6 Å². The van der Waals surface area contributed by atoms with Crippen LogP contribution in [0, 0.1) is 0 Å². The zero-order valence-electron chi connectivity index (χ0n) is 14.0. The first kappa shape index (κ1) is 18.0. The summed E-state index contributed by atoms with van der Waals surface area (Å²) >= 11 is 6.05. The van der Waals surface area contributed by atoms with Crippen molar-refractivity contribution in [1.29, 1.82) is 0 Å². The molecule has 24 heavy (non-hydrogen) atoms. The number of benzene rings is 1. The fourth-order valence-electron chi connectivity index (χ4n) is 2.10. The highest BCUT2D eigenvalue weighted by molar-refractivity contribution is 6.32. The Labute approximate surface area is 146 Å². The zero-order chi connectivity index (χ0) is 17.5. The summed E-state index contributed by atoms with van der Waals surface area (Å²) in [5.41, 5.74) is 0.811. The van der Waals surface area contributed by atoms with Gasteiger partial charge in [-0.2, -0.15) is 0 Å². The summed E-state index contributed by atoms with van der Waals surface area (Å²) in [4.78, 5) is 14.2. The van der Waals surface area contributed by atoms with Gasteiger partial charge in [-0.15, -0.1) is 10.2 Å². The molecule has 1 heterocycles. The normalized spacial score (nSPS) is 10.3. The molecule has 1 amide bonds. The van der Waals surface area contributed by atoms with Gasteiger partial charge in [0.05, 0.1) is 12.1 Å². The molecule has 1 aromatic heterocycles. The second-order valence-electron chi connectivity index (χ2n) is 5.36. The average molecular weight is 349 g/mol. The van der Waals surface area contributed by atoms with E-state index in [4.69, 9.17) is 16.3 Å². The van der Waals surface area contributed by atoms with Crippen LogP contribution in [-0.2, 0) is 0 Å². The molecule has 0 spiro atoms. The third kappa shape index (κ3) is 4.58. The minimum atomic E-state index is -0.341. The molecule has 0 saturated heterocycles. The third-order valence-electron chi connectivity index (χ3n) is 3.53. The van der Waals surface area contributed by atoms with Gasteiger partial charge in [0.1, 0.15) is 5.75 Å². The first-order valence-electron chi connectivity index (χ1n) is 7.75. The molecule has 0 radical (unpaired) electrons. The largest absolute Gasteiger partial charge is 0.495 e. The van der Waals surface area contributed by atoms with Crippen LogP contribution in [0.1, 0.15) is 30.3 Å². The van der Waals surface area contributed by atoms with E-state index < -0.39 is 0 Å². The summed E-state index contributed by atoms with van der Waals surface area (Å²) in [6, 6.07) is 8.47. The van der Waals surface area contributed by atoms with Gasteiger partial charge in [0, 0.05) is 19.3 Å². The Morgan fingerprint density at radius 3 is 2.67 bits per heavy atom. The quantitative estimate of drug-likeness (QED) is 0.827. The van der Waals surface area contributed by atoms with Gasteiger partial charge in [0.25, 0.3) is 5.91 Å². The summed E-state index contributed by atoms with van der Waals surface area (Å²) in [7, 11) is 3.49. The van der Waals surface area contributed by atoms with Gasteiger partial charge >= 0.3 is 0 Å². The number of ether oxygens (including phenoxy) is 1. The molecule has 0 aliphatic carbocycles. The number of rotatable bonds is 7. The molecule has 6 nitrogen and oxygen atoms in total. The molecular weight excluding hydrogens is 328 g/mol. The smallest absolute Gasteiger partial charge is 0.276 e. The third-order valence-corrected chi connectivity index (χ3v) is 3.83. The number of unbranched alkanes of at least 4 members (excludes halogenated alkanes) is 1. The van der Waals surface area contributed by atoms with Crippen molar-refractivity contribution in [1.82, 2.24) is 10.2 Å². The van der Waals surface area contributed by atoms with Crippen LogP contribution in [0.5, 0.6) is 5.75 Å². The molecule has 2 aromatic rings. The molecular formula is C17H21ClN4O2. The Balaban J connectivity index is 2.03. The van der Waals surface area contributed by atoms with E-state index in [-0.39, 0.29) is 11.6 Å². The zero-order valence-corrected chi connectivity index (χ0v) is 14.8. The van der Waals surface area contributed by atoms with E-state index in [2.05, 4.69) is 22.4 Å². The van der Waals surface area contributed by atoms with Crippen LogP contribution in [0.3, 0.4) is 0 Å². The predicted molar refractivity (Wildman–Crippen MR) is 96.2 cm³/mol. The number of halogens is 1. The van der Waals surface area contributed by atoms with E-state index in [1.165, 1.54) is 7.11 Å². The molecule has 7 heteroatoms. The highest BCUT2D eigenvalue weighted by Gasteiger charge is 2.11. The van der Waals surface area contributed by atoms with Gasteiger partial charge in [-0.3, -0.25) is 4.79 Å². The summed E-state index contributed by atoms with van der Waals surface area (Å²) in [5, 5.41) is 11.3. The van der Waals surface area contributed by atoms with Gasteiger partial charge in [0.2, 0.25) is 0 Å². The summed E-state index contributed by atoms with van der Waals surface area (Å²) in [5.74, 6) is 0.952. The van der Waals surface area contributed by atoms with Crippen LogP contribution in [0.4, 0.5) is 11.5 Å². The molecule has 0 aliphatic heterocycles. The number of hydrogen-bond acceptors (Lipinski definition) is 5. The van der Waals surface area contributed by atoms with Crippen LogP contribution in [0.15, 0.2) is 30.3 Å². The van der Waals surface area contributed by atoms with Crippen LogP contribution in [-0.4, -0.2) is 36.8 Å². The minimum absolute atomic E-state index is 0.245. The van der Waals surface area contributed by atoms with Crippen molar-refractivity contribution in [2.24, 2.45) is 0 Å². The number of aromatic nitrogens is 2. The topological polar surface area (TPSA) is 67.4 Å². The Hall–Kier alpha value is -2.34. The molecule has 0 atom stereocenters. The van der Waals surface area contributed by atoms with Crippen LogP contribution in [0.25, 0.3) is 0 Å². The second-order valence-corrected chi connectivity index (χ2v) is 5.76.